The van der Waals surface area contributed by atoms with Gasteiger partial charge in [0.1, 0.15) is 5.82 Å². The molecule has 0 bridgehead atoms. The second kappa shape index (κ2) is 6.03. The van der Waals surface area contributed by atoms with Crippen LogP contribution in [-0.4, -0.2) is 21.1 Å². The predicted octanol–water partition coefficient (Wildman–Crippen LogP) is 3.94. The molecule has 1 aromatic heterocycles. The molecule has 0 atom stereocenters. The Morgan fingerprint density at radius 2 is 1.82 bits per heavy atom. The van der Waals surface area contributed by atoms with Crippen LogP contribution in [0.3, 0.4) is 0 Å². The molecular weight excluding hydrogens is 299 g/mol. The molecule has 0 radical (unpaired) electrons. The lowest BCUT2D eigenvalue weighted by molar-refractivity contribution is 0.628. The van der Waals surface area contributed by atoms with E-state index in [4.69, 9.17) is 12.2 Å². The van der Waals surface area contributed by atoms with Crippen LogP contribution >= 0.6 is 12.2 Å². The summed E-state index contributed by atoms with van der Waals surface area (Å²) < 4.78 is 14.8. The average molecular weight is 312 g/mol. The number of benzene rings is 2. The fourth-order valence-electron chi connectivity index (χ4n) is 1.96. The lowest BCUT2D eigenvalue weighted by Crippen LogP contribution is -1.95. The zero-order chi connectivity index (χ0) is 15.5. The molecule has 2 aromatic carbocycles. The molecule has 0 aliphatic heterocycles. The Hall–Kier alpha value is -2.60. The number of hydrogen-bond acceptors (Lipinski definition) is 3. The van der Waals surface area contributed by atoms with Gasteiger partial charge in [-0.25, -0.2) is 9.49 Å². The number of H-pyrrole nitrogens is 1. The molecule has 0 saturated heterocycles. The molecule has 110 valence electrons. The number of aromatic nitrogens is 3. The van der Waals surface area contributed by atoms with Crippen LogP contribution in [0.1, 0.15) is 11.1 Å². The Bertz CT molecular complexity index is 860. The third kappa shape index (κ3) is 3.01. The summed E-state index contributed by atoms with van der Waals surface area (Å²) in [7, 11) is 0. The van der Waals surface area contributed by atoms with Crippen molar-refractivity contribution < 1.29 is 4.39 Å². The highest BCUT2D eigenvalue weighted by Crippen LogP contribution is 2.17. The Labute approximate surface area is 131 Å². The van der Waals surface area contributed by atoms with E-state index in [1.807, 2.05) is 31.2 Å². The lowest BCUT2D eigenvalue weighted by Gasteiger charge is -2.01. The first-order valence-corrected chi connectivity index (χ1v) is 7.09. The summed E-state index contributed by atoms with van der Waals surface area (Å²) in [6, 6.07) is 14.0. The fourth-order valence-corrected chi connectivity index (χ4v) is 2.14. The molecule has 22 heavy (non-hydrogen) atoms. The molecule has 0 amide bonds. The van der Waals surface area contributed by atoms with Gasteiger partial charge in [0, 0.05) is 5.56 Å². The van der Waals surface area contributed by atoms with E-state index in [9.17, 15) is 4.39 Å². The number of hydrogen-bond donors (Lipinski definition) is 1. The van der Waals surface area contributed by atoms with Crippen molar-refractivity contribution in [3.63, 3.8) is 0 Å². The van der Waals surface area contributed by atoms with Gasteiger partial charge < -0.3 is 0 Å². The van der Waals surface area contributed by atoms with Crippen LogP contribution < -0.4 is 0 Å². The molecule has 6 heteroatoms. The first-order chi connectivity index (χ1) is 10.6. The number of halogens is 1. The van der Waals surface area contributed by atoms with Crippen molar-refractivity contribution in [1.29, 1.82) is 0 Å². The van der Waals surface area contributed by atoms with E-state index in [0.29, 0.717) is 10.6 Å². The zero-order valence-corrected chi connectivity index (χ0v) is 12.6. The van der Waals surface area contributed by atoms with Crippen molar-refractivity contribution in [2.45, 2.75) is 6.92 Å². The molecular formula is C16H13FN4S. The van der Waals surface area contributed by atoms with Crippen LogP contribution in [0, 0.1) is 17.5 Å². The number of aryl methyl sites for hydroxylation is 1. The van der Waals surface area contributed by atoms with Crippen LogP contribution in [0.5, 0.6) is 0 Å². The highest BCUT2D eigenvalue weighted by Gasteiger charge is 2.07. The van der Waals surface area contributed by atoms with Crippen molar-refractivity contribution in [2.24, 2.45) is 5.10 Å². The standard InChI is InChI=1S/C16H13FN4S/c1-11-2-6-13(7-3-11)15-19-20-16(22)21(15)18-10-12-4-8-14(17)9-5-12/h2-10H,1H3,(H,20,22)/b18-10-. The number of nitrogens with zero attached hydrogens (tertiary/aromatic N) is 3. The maximum Gasteiger partial charge on any atom is 0.216 e. The molecule has 0 spiro atoms. The van der Waals surface area contributed by atoms with E-state index in [0.717, 1.165) is 11.1 Å². The lowest BCUT2D eigenvalue weighted by atomic mass is 10.1. The Morgan fingerprint density at radius 1 is 1.14 bits per heavy atom. The van der Waals surface area contributed by atoms with Gasteiger partial charge in [-0.3, -0.25) is 0 Å². The summed E-state index contributed by atoms with van der Waals surface area (Å²) in [5, 5.41) is 11.3. The van der Waals surface area contributed by atoms with Gasteiger partial charge in [-0.2, -0.15) is 14.9 Å². The average Bonchev–Trinajstić information content (AvgIpc) is 2.89. The van der Waals surface area contributed by atoms with Gasteiger partial charge in [0.25, 0.3) is 0 Å². The second-order valence-corrected chi connectivity index (χ2v) is 5.21. The van der Waals surface area contributed by atoms with Crippen molar-refractivity contribution in [3.05, 3.63) is 70.2 Å². The number of rotatable bonds is 3. The zero-order valence-electron chi connectivity index (χ0n) is 11.8. The molecule has 1 heterocycles. The van der Waals surface area contributed by atoms with Crippen LogP contribution in [-0.2, 0) is 0 Å². The van der Waals surface area contributed by atoms with E-state index in [1.54, 1.807) is 23.0 Å². The minimum Gasteiger partial charge on any atom is -0.250 e. The molecule has 4 nitrogen and oxygen atoms in total. The summed E-state index contributed by atoms with van der Waals surface area (Å²) in [5.74, 6) is 0.348. The number of nitrogens with one attached hydrogen (secondary N) is 1. The van der Waals surface area contributed by atoms with Gasteiger partial charge in [0.15, 0.2) is 5.82 Å². The minimum absolute atomic E-state index is 0.280. The largest absolute Gasteiger partial charge is 0.250 e. The van der Waals surface area contributed by atoms with Gasteiger partial charge in [-0.05, 0) is 36.8 Å². The molecule has 0 fully saturated rings. The smallest absolute Gasteiger partial charge is 0.216 e. The Balaban J connectivity index is 1.97. The van der Waals surface area contributed by atoms with Crippen LogP contribution in [0.4, 0.5) is 4.39 Å². The van der Waals surface area contributed by atoms with Crippen molar-refractivity contribution in [2.75, 3.05) is 0 Å². The van der Waals surface area contributed by atoms with Crippen LogP contribution in [0.15, 0.2) is 53.6 Å². The molecule has 0 aliphatic rings. The normalized spacial score (nSPS) is 11.2. The van der Waals surface area contributed by atoms with Crippen LogP contribution in [0.2, 0.25) is 0 Å². The summed E-state index contributed by atoms with van der Waals surface area (Å²) in [6.45, 7) is 2.02. The van der Waals surface area contributed by atoms with Crippen molar-refractivity contribution in [1.82, 2.24) is 14.9 Å². The van der Waals surface area contributed by atoms with Crippen molar-refractivity contribution in [3.8, 4) is 11.4 Å². The first kappa shape index (κ1) is 14.3. The molecule has 3 aromatic rings. The Morgan fingerprint density at radius 3 is 2.50 bits per heavy atom. The SMILES string of the molecule is Cc1ccc(-c2n[nH]c(=S)n2/N=C\c2ccc(F)cc2)cc1. The third-order valence-corrected chi connectivity index (χ3v) is 3.42. The summed E-state index contributed by atoms with van der Waals surface area (Å²) in [6.07, 6.45) is 1.61. The summed E-state index contributed by atoms with van der Waals surface area (Å²) in [5.41, 5.74) is 2.85. The van der Waals surface area contributed by atoms with E-state index in [1.165, 1.54) is 17.7 Å². The van der Waals surface area contributed by atoms with E-state index in [2.05, 4.69) is 15.3 Å². The third-order valence-electron chi connectivity index (χ3n) is 3.15. The van der Waals surface area contributed by atoms with Gasteiger partial charge in [-0.15, -0.1) is 0 Å². The van der Waals surface area contributed by atoms with E-state index >= 15 is 0 Å². The van der Waals surface area contributed by atoms with Gasteiger partial charge >= 0.3 is 0 Å². The number of aromatic amines is 1. The summed E-state index contributed by atoms with van der Waals surface area (Å²) >= 11 is 5.21. The molecule has 0 unspecified atom stereocenters. The molecule has 3 rings (SSSR count). The molecule has 0 aliphatic carbocycles. The quantitative estimate of drug-likeness (QED) is 0.588. The molecule has 1 N–H and O–H groups in total. The monoisotopic (exact) mass is 312 g/mol. The van der Waals surface area contributed by atoms with Crippen molar-refractivity contribution >= 4 is 18.4 Å². The summed E-state index contributed by atoms with van der Waals surface area (Å²) in [4.78, 5) is 0. The Kier molecular flexibility index (Phi) is 3.93. The van der Waals surface area contributed by atoms with Gasteiger partial charge in [-0.1, -0.05) is 42.0 Å². The van der Waals surface area contributed by atoms with Crippen LogP contribution in [0.25, 0.3) is 11.4 Å². The van der Waals surface area contributed by atoms with Gasteiger partial charge in [0.2, 0.25) is 4.77 Å². The molecule has 0 saturated carbocycles. The topological polar surface area (TPSA) is 46.0 Å². The second-order valence-electron chi connectivity index (χ2n) is 4.83. The highest BCUT2D eigenvalue weighted by atomic mass is 32.1. The fraction of sp³-hybridized carbons (Fsp3) is 0.0625. The van der Waals surface area contributed by atoms with E-state index < -0.39 is 0 Å². The van der Waals surface area contributed by atoms with E-state index in [-0.39, 0.29) is 5.82 Å². The predicted molar refractivity (Wildman–Crippen MR) is 87.0 cm³/mol. The first-order valence-electron chi connectivity index (χ1n) is 6.68. The van der Waals surface area contributed by atoms with Gasteiger partial charge in [0.05, 0.1) is 6.21 Å². The highest BCUT2D eigenvalue weighted by molar-refractivity contribution is 7.71. The maximum absolute atomic E-state index is 12.9. The minimum atomic E-state index is -0.280. The maximum atomic E-state index is 12.9.